The van der Waals surface area contributed by atoms with Gasteiger partial charge in [-0.2, -0.15) is 0 Å². The van der Waals surface area contributed by atoms with Crippen LogP contribution in [-0.2, 0) is 11.3 Å². The standard InChI is InChI=1S/C19H19F2NO2/c20-16-8-9-18(21)15(11-16)13-24-17-7-4-10-22(12-17)19(23)14-5-2-1-3-6-14/h1-3,5-6,8-9,11,17H,4,7,10,12-13H2/t17-/m1/s1. The molecule has 2 aromatic rings. The van der Waals surface area contributed by atoms with Gasteiger partial charge in [-0.15, -0.1) is 0 Å². The molecule has 0 bridgehead atoms. The Morgan fingerprint density at radius 1 is 1.17 bits per heavy atom. The van der Waals surface area contributed by atoms with Gasteiger partial charge >= 0.3 is 0 Å². The van der Waals surface area contributed by atoms with E-state index in [-0.39, 0.29) is 24.2 Å². The van der Waals surface area contributed by atoms with Crippen molar-refractivity contribution in [2.45, 2.75) is 25.6 Å². The third kappa shape index (κ3) is 3.97. The van der Waals surface area contributed by atoms with E-state index in [4.69, 9.17) is 4.74 Å². The summed E-state index contributed by atoms with van der Waals surface area (Å²) in [5.74, 6) is -0.996. The maximum Gasteiger partial charge on any atom is 0.253 e. The molecular weight excluding hydrogens is 312 g/mol. The lowest BCUT2D eigenvalue weighted by Gasteiger charge is -2.32. The second-order valence-corrected chi connectivity index (χ2v) is 5.93. The van der Waals surface area contributed by atoms with Gasteiger partial charge in [0.2, 0.25) is 0 Å². The molecule has 1 amide bonds. The summed E-state index contributed by atoms with van der Waals surface area (Å²) in [6.07, 6.45) is 1.46. The Balaban J connectivity index is 1.59. The smallest absolute Gasteiger partial charge is 0.253 e. The summed E-state index contributed by atoms with van der Waals surface area (Å²) < 4.78 is 32.6. The number of benzene rings is 2. The predicted molar refractivity (Wildman–Crippen MR) is 86.5 cm³/mol. The van der Waals surface area contributed by atoms with Crippen molar-refractivity contribution < 1.29 is 18.3 Å². The molecule has 1 aliphatic rings. The van der Waals surface area contributed by atoms with E-state index < -0.39 is 11.6 Å². The van der Waals surface area contributed by atoms with Crippen LogP contribution in [-0.4, -0.2) is 30.0 Å². The Kier molecular flexibility index (Phi) is 5.20. The van der Waals surface area contributed by atoms with E-state index in [1.54, 1.807) is 17.0 Å². The van der Waals surface area contributed by atoms with Gasteiger partial charge in [-0.1, -0.05) is 18.2 Å². The van der Waals surface area contributed by atoms with Crippen molar-refractivity contribution in [2.24, 2.45) is 0 Å². The van der Waals surface area contributed by atoms with Gasteiger partial charge < -0.3 is 9.64 Å². The molecule has 1 saturated heterocycles. The molecule has 3 rings (SSSR count). The van der Waals surface area contributed by atoms with Crippen LogP contribution >= 0.6 is 0 Å². The number of ether oxygens (including phenoxy) is 1. The predicted octanol–water partition coefficient (Wildman–Crippen LogP) is 3.79. The minimum atomic E-state index is -0.487. The highest BCUT2D eigenvalue weighted by molar-refractivity contribution is 5.94. The van der Waals surface area contributed by atoms with Crippen LogP contribution in [0.2, 0.25) is 0 Å². The zero-order valence-electron chi connectivity index (χ0n) is 13.3. The second kappa shape index (κ2) is 7.53. The van der Waals surface area contributed by atoms with E-state index in [0.717, 1.165) is 31.0 Å². The van der Waals surface area contributed by atoms with Gasteiger partial charge in [0.25, 0.3) is 5.91 Å². The first-order valence-electron chi connectivity index (χ1n) is 8.03. The van der Waals surface area contributed by atoms with Gasteiger partial charge in [0.15, 0.2) is 0 Å². The molecular formula is C19H19F2NO2. The maximum absolute atomic E-state index is 13.6. The van der Waals surface area contributed by atoms with Crippen molar-refractivity contribution >= 4 is 5.91 Å². The fraction of sp³-hybridized carbons (Fsp3) is 0.316. The summed E-state index contributed by atoms with van der Waals surface area (Å²) in [6, 6.07) is 12.4. The molecule has 0 aromatic heterocycles. The van der Waals surface area contributed by atoms with Crippen molar-refractivity contribution in [1.29, 1.82) is 0 Å². The summed E-state index contributed by atoms with van der Waals surface area (Å²) >= 11 is 0. The second-order valence-electron chi connectivity index (χ2n) is 5.93. The highest BCUT2D eigenvalue weighted by atomic mass is 19.1. The fourth-order valence-corrected chi connectivity index (χ4v) is 2.88. The molecule has 0 aliphatic carbocycles. The number of piperidine rings is 1. The lowest BCUT2D eigenvalue weighted by molar-refractivity contribution is -0.00769. The van der Waals surface area contributed by atoms with E-state index in [9.17, 15) is 13.6 Å². The SMILES string of the molecule is O=C(c1ccccc1)N1CCC[C@@H](OCc2cc(F)ccc2F)C1. The maximum atomic E-state index is 13.6. The van der Waals surface area contributed by atoms with Crippen LogP contribution in [0.15, 0.2) is 48.5 Å². The van der Waals surface area contributed by atoms with E-state index >= 15 is 0 Å². The first kappa shape index (κ1) is 16.6. The number of amides is 1. The number of carbonyl (C=O) groups is 1. The fourth-order valence-electron chi connectivity index (χ4n) is 2.88. The third-order valence-electron chi connectivity index (χ3n) is 4.17. The van der Waals surface area contributed by atoms with Gasteiger partial charge in [-0.25, -0.2) is 8.78 Å². The Morgan fingerprint density at radius 2 is 1.96 bits per heavy atom. The van der Waals surface area contributed by atoms with Gasteiger partial charge in [0, 0.05) is 24.2 Å². The molecule has 3 nitrogen and oxygen atoms in total. The van der Waals surface area contributed by atoms with Crippen molar-refractivity contribution in [3.05, 3.63) is 71.3 Å². The normalized spacial score (nSPS) is 17.8. The first-order chi connectivity index (χ1) is 11.6. The van der Waals surface area contributed by atoms with Gasteiger partial charge in [-0.05, 0) is 43.2 Å². The highest BCUT2D eigenvalue weighted by Crippen LogP contribution is 2.19. The topological polar surface area (TPSA) is 29.5 Å². The molecule has 0 N–H and O–H groups in total. The lowest BCUT2D eigenvalue weighted by atomic mass is 10.1. The summed E-state index contributed by atoms with van der Waals surface area (Å²) in [5.41, 5.74) is 0.843. The molecule has 1 aliphatic heterocycles. The summed E-state index contributed by atoms with van der Waals surface area (Å²) in [4.78, 5) is 14.2. The van der Waals surface area contributed by atoms with E-state index in [1.807, 2.05) is 18.2 Å². The van der Waals surface area contributed by atoms with E-state index in [2.05, 4.69) is 0 Å². The molecule has 0 unspecified atom stereocenters. The number of likely N-dealkylation sites (tertiary alicyclic amines) is 1. The summed E-state index contributed by atoms with van der Waals surface area (Å²) in [6.45, 7) is 1.15. The van der Waals surface area contributed by atoms with Gasteiger partial charge in [-0.3, -0.25) is 4.79 Å². The zero-order chi connectivity index (χ0) is 16.9. The van der Waals surface area contributed by atoms with Crippen molar-refractivity contribution in [3.8, 4) is 0 Å². The third-order valence-corrected chi connectivity index (χ3v) is 4.17. The van der Waals surface area contributed by atoms with Gasteiger partial charge in [0.1, 0.15) is 11.6 Å². The minimum Gasteiger partial charge on any atom is -0.372 e. The number of halogens is 2. The average molecular weight is 331 g/mol. The highest BCUT2D eigenvalue weighted by Gasteiger charge is 2.25. The van der Waals surface area contributed by atoms with Crippen LogP contribution in [0.1, 0.15) is 28.8 Å². The summed E-state index contributed by atoms with van der Waals surface area (Å²) in [7, 11) is 0. The monoisotopic (exact) mass is 331 g/mol. The number of carbonyl (C=O) groups excluding carboxylic acids is 1. The number of hydrogen-bond acceptors (Lipinski definition) is 2. The Labute approximate surface area is 139 Å². The quantitative estimate of drug-likeness (QED) is 0.853. The molecule has 0 spiro atoms. The summed E-state index contributed by atoms with van der Waals surface area (Å²) in [5, 5.41) is 0. The molecule has 0 saturated carbocycles. The molecule has 5 heteroatoms. The Bertz CT molecular complexity index is 706. The lowest BCUT2D eigenvalue weighted by Crippen LogP contribution is -2.43. The molecule has 126 valence electrons. The molecule has 0 radical (unpaired) electrons. The molecule has 1 fully saturated rings. The van der Waals surface area contributed by atoms with Crippen molar-refractivity contribution in [3.63, 3.8) is 0 Å². The number of rotatable bonds is 4. The average Bonchev–Trinajstić information content (AvgIpc) is 2.63. The van der Waals surface area contributed by atoms with Crippen LogP contribution in [0.5, 0.6) is 0 Å². The van der Waals surface area contributed by atoms with Crippen LogP contribution in [0.25, 0.3) is 0 Å². The molecule has 2 aromatic carbocycles. The van der Waals surface area contributed by atoms with E-state index in [1.165, 1.54) is 0 Å². The Morgan fingerprint density at radius 3 is 2.75 bits per heavy atom. The Hall–Kier alpha value is -2.27. The minimum absolute atomic E-state index is 0.00161. The largest absolute Gasteiger partial charge is 0.372 e. The van der Waals surface area contributed by atoms with Crippen molar-refractivity contribution in [2.75, 3.05) is 13.1 Å². The first-order valence-corrected chi connectivity index (χ1v) is 8.03. The number of hydrogen-bond donors (Lipinski definition) is 0. The van der Waals surface area contributed by atoms with Crippen LogP contribution in [0.4, 0.5) is 8.78 Å². The zero-order valence-corrected chi connectivity index (χ0v) is 13.3. The molecule has 1 atom stereocenters. The van der Waals surface area contributed by atoms with Crippen LogP contribution < -0.4 is 0 Å². The van der Waals surface area contributed by atoms with E-state index in [0.29, 0.717) is 18.7 Å². The molecule has 24 heavy (non-hydrogen) atoms. The van der Waals surface area contributed by atoms with Crippen LogP contribution in [0.3, 0.4) is 0 Å². The van der Waals surface area contributed by atoms with Crippen LogP contribution in [0, 0.1) is 11.6 Å². The van der Waals surface area contributed by atoms with Gasteiger partial charge in [0.05, 0.1) is 12.7 Å². The number of nitrogens with zero attached hydrogens (tertiary/aromatic N) is 1. The van der Waals surface area contributed by atoms with Crippen molar-refractivity contribution in [1.82, 2.24) is 4.90 Å². The molecule has 1 heterocycles.